The van der Waals surface area contributed by atoms with Gasteiger partial charge in [0.1, 0.15) is 17.3 Å². The molecule has 2 heterocycles. The number of ether oxygens (including phenoxy) is 1. The zero-order valence-corrected chi connectivity index (χ0v) is 25.5. The van der Waals surface area contributed by atoms with Crippen LogP contribution in [0.3, 0.4) is 0 Å². The second-order valence-electron chi connectivity index (χ2n) is 11.6. The lowest BCUT2D eigenvalue weighted by molar-refractivity contribution is -0.121. The first kappa shape index (κ1) is 29.9. The maximum absolute atomic E-state index is 15.0. The van der Waals surface area contributed by atoms with Gasteiger partial charge in [-0.1, -0.05) is 60.7 Å². The van der Waals surface area contributed by atoms with Gasteiger partial charge in [0.15, 0.2) is 0 Å². The van der Waals surface area contributed by atoms with Crippen LogP contribution in [0.1, 0.15) is 49.0 Å². The Balaban J connectivity index is 1.82. The maximum atomic E-state index is 15.0. The molecule has 0 radical (unpaired) electrons. The van der Waals surface area contributed by atoms with Crippen molar-refractivity contribution in [1.82, 2.24) is 18.9 Å². The third-order valence-electron chi connectivity index (χ3n) is 8.21. The van der Waals surface area contributed by atoms with Crippen LogP contribution in [0.15, 0.2) is 83.7 Å². The van der Waals surface area contributed by atoms with Crippen molar-refractivity contribution in [3.05, 3.63) is 123 Å². The smallest absolute Gasteiger partial charge is 0.267 e. The van der Waals surface area contributed by atoms with Crippen LogP contribution in [0.5, 0.6) is 5.75 Å². The zero-order valence-electron chi connectivity index (χ0n) is 25.5. The maximum Gasteiger partial charge on any atom is 0.267 e. The van der Waals surface area contributed by atoms with Gasteiger partial charge in [0.05, 0.1) is 36.0 Å². The van der Waals surface area contributed by atoms with Gasteiger partial charge in [-0.2, -0.15) is 0 Å². The van der Waals surface area contributed by atoms with Crippen LogP contribution in [0.4, 0.5) is 4.39 Å². The molecule has 0 saturated carbocycles. The molecule has 0 spiro atoms. The highest BCUT2D eigenvalue weighted by Gasteiger charge is 2.35. The van der Waals surface area contributed by atoms with Gasteiger partial charge >= 0.3 is 0 Å². The summed E-state index contributed by atoms with van der Waals surface area (Å²) in [5, 5.41) is 0. The Bertz CT molecular complexity index is 1860. The number of imidazole rings is 1. The van der Waals surface area contributed by atoms with E-state index in [1.54, 1.807) is 36.6 Å². The van der Waals surface area contributed by atoms with Crippen LogP contribution in [0.25, 0.3) is 16.9 Å². The number of methoxy groups -OCH3 is 1. The molecule has 0 aliphatic heterocycles. The van der Waals surface area contributed by atoms with E-state index in [9.17, 15) is 14.0 Å². The largest absolute Gasteiger partial charge is 0.497 e. The highest BCUT2D eigenvalue weighted by molar-refractivity contribution is 5.87. The highest BCUT2D eigenvalue weighted by Crippen LogP contribution is 2.32. The lowest BCUT2D eigenvalue weighted by atomic mass is 9.84. The van der Waals surface area contributed by atoms with Gasteiger partial charge in [-0.05, 0) is 64.1 Å². The molecule has 43 heavy (non-hydrogen) atoms. The Morgan fingerprint density at radius 3 is 2.37 bits per heavy atom. The molecule has 0 aliphatic carbocycles. The van der Waals surface area contributed by atoms with E-state index in [1.165, 1.54) is 6.07 Å². The number of hydrogen-bond donors (Lipinski definition) is 0. The van der Waals surface area contributed by atoms with E-state index < -0.39 is 5.41 Å². The highest BCUT2D eigenvalue weighted by atomic mass is 19.1. The summed E-state index contributed by atoms with van der Waals surface area (Å²) in [4.78, 5) is 34.7. The fraction of sp³-hybridized carbons (Fsp3) is 0.286. The number of rotatable bonds is 10. The van der Waals surface area contributed by atoms with Gasteiger partial charge in [-0.25, -0.2) is 13.8 Å². The molecule has 0 fully saturated rings. The SMILES string of the molecule is COc1cccc(-c2c(C)n(Cc3ccccc3F)c3nc(C(C)(C)C(C)=O)c(CN(C)Cc4ccccc4)n3c2=O)c1. The number of hydrogen-bond acceptors (Lipinski definition) is 5. The van der Waals surface area contributed by atoms with Gasteiger partial charge in [-0.3, -0.25) is 14.5 Å². The van der Waals surface area contributed by atoms with Gasteiger partial charge in [0.2, 0.25) is 5.78 Å². The molecule has 2 aromatic heterocycles. The molecular weight excluding hydrogens is 543 g/mol. The van der Waals surface area contributed by atoms with Crippen molar-refractivity contribution < 1.29 is 13.9 Å². The molecular formula is C35H37FN4O3. The Labute approximate surface area is 251 Å². The number of nitrogens with zero attached hydrogens (tertiary/aromatic N) is 4. The van der Waals surface area contributed by atoms with E-state index in [4.69, 9.17) is 9.72 Å². The molecule has 7 nitrogen and oxygen atoms in total. The van der Waals surface area contributed by atoms with Crippen LogP contribution < -0.4 is 10.3 Å². The van der Waals surface area contributed by atoms with E-state index in [1.807, 2.05) is 74.9 Å². The summed E-state index contributed by atoms with van der Waals surface area (Å²) < 4.78 is 24.0. The van der Waals surface area contributed by atoms with E-state index in [2.05, 4.69) is 17.0 Å². The van der Waals surface area contributed by atoms with Crippen molar-refractivity contribution in [3.8, 4) is 16.9 Å². The molecule has 5 rings (SSSR count). The predicted molar refractivity (Wildman–Crippen MR) is 167 cm³/mol. The molecule has 0 atom stereocenters. The molecule has 0 saturated heterocycles. The second kappa shape index (κ2) is 12.0. The average Bonchev–Trinajstić information content (AvgIpc) is 3.36. The van der Waals surface area contributed by atoms with E-state index >= 15 is 0 Å². The standard InChI is InChI=1S/C35H37FN4O3/c1-23-31(26-16-12-17-28(19-26)43-6)33(42)40-30(22-38(5)20-25-13-8-7-9-14-25)32(35(3,4)24(2)41)37-34(40)39(23)21-27-15-10-11-18-29(27)36/h7-19H,20-22H2,1-6H3. The van der Waals surface area contributed by atoms with Crippen molar-refractivity contribution >= 4 is 11.6 Å². The van der Waals surface area contributed by atoms with Crippen molar-refractivity contribution in [2.75, 3.05) is 14.2 Å². The molecule has 5 aromatic rings. The molecule has 3 aromatic carbocycles. The monoisotopic (exact) mass is 580 g/mol. The number of Topliss-reactive ketones (excluding diaryl/α,β-unsaturated/α-hetero) is 1. The summed E-state index contributed by atoms with van der Waals surface area (Å²) in [5.74, 6) is 0.565. The Morgan fingerprint density at radius 2 is 1.70 bits per heavy atom. The van der Waals surface area contributed by atoms with Gasteiger partial charge < -0.3 is 9.30 Å². The van der Waals surface area contributed by atoms with E-state index in [0.717, 1.165) is 5.56 Å². The minimum Gasteiger partial charge on any atom is -0.497 e. The summed E-state index contributed by atoms with van der Waals surface area (Å²) in [7, 11) is 3.56. The van der Waals surface area contributed by atoms with Crippen molar-refractivity contribution in [1.29, 1.82) is 0 Å². The number of aromatic nitrogens is 3. The van der Waals surface area contributed by atoms with Crippen molar-refractivity contribution in [3.63, 3.8) is 0 Å². The topological polar surface area (TPSA) is 68.8 Å². The van der Waals surface area contributed by atoms with Gasteiger partial charge in [0.25, 0.3) is 5.56 Å². The molecule has 8 heteroatoms. The summed E-state index contributed by atoms with van der Waals surface area (Å²) >= 11 is 0. The Morgan fingerprint density at radius 1 is 1.00 bits per heavy atom. The molecule has 0 aliphatic rings. The minimum atomic E-state index is -0.971. The quantitative estimate of drug-likeness (QED) is 0.198. The summed E-state index contributed by atoms with van der Waals surface area (Å²) in [6, 6.07) is 24.0. The van der Waals surface area contributed by atoms with Crippen molar-refractivity contribution in [2.45, 2.75) is 52.7 Å². The van der Waals surface area contributed by atoms with Gasteiger partial charge in [-0.15, -0.1) is 0 Å². The fourth-order valence-corrected chi connectivity index (χ4v) is 5.50. The number of fused-ring (bicyclic) bond motifs is 1. The normalized spacial score (nSPS) is 11.8. The molecule has 0 N–H and O–H groups in total. The minimum absolute atomic E-state index is 0.0688. The first-order valence-corrected chi connectivity index (χ1v) is 14.3. The number of benzene rings is 3. The predicted octanol–water partition coefficient (Wildman–Crippen LogP) is 6.17. The van der Waals surface area contributed by atoms with Crippen molar-refractivity contribution in [2.24, 2.45) is 0 Å². The fourth-order valence-electron chi connectivity index (χ4n) is 5.50. The summed E-state index contributed by atoms with van der Waals surface area (Å²) in [6.07, 6.45) is 0. The molecule has 0 amide bonds. The third kappa shape index (κ3) is 5.75. The summed E-state index contributed by atoms with van der Waals surface area (Å²) in [6.45, 7) is 8.19. The average molecular weight is 581 g/mol. The number of halogens is 1. The lowest BCUT2D eigenvalue weighted by Gasteiger charge is -2.23. The first-order chi connectivity index (χ1) is 20.5. The van der Waals surface area contributed by atoms with E-state index in [0.29, 0.717) is 58.4 Å². The lowest BCUT2D eigenvalue weighted by Crippen LogP contribution is -2.31. The first-order valence-electron chi connectivity index (χ1n) is 14.3. The van der Waals surface area contributed by atoms with Crippen LogP contribution in [-0.4, -0.2) is 38.8 Å². The number of carbonyl (C=O) groups is 1. The summed E-state index contributed by atoms with van der Waals surface area (Å²) in [5.41, 5.74) is 3.28. The zero-order chi connectivity index (χ0) is 30.9. The van der Waals surface area contributed by atoms with Crippen LogP contribution >= 0.6 is 0 Å². The van der Waals surface area contributed by atoms with Crippen LogP contribution in [-0.2, 0) is 29.8 Å². The molecule has 0 unspecified atom stereocenters. The second-order valence-corrected chi connectivity index (χ2v) is 11.6. The molecule has 0 bridgehead atoms. The Hall–Kier alpha value is -4.56. The Kier molecular flexibility index (Phi) is 8.33. The number of ketones is 1. The van der Waals surface area contributed by atoms with Gasteiger partial charge in [0, 0.05) is 24.3 Å². The number of carbonyl (C=O) groups excluding carboxylic acids is 1. The molecule has 222 valence electrons. The van der Waals surface area contributed by atoms with Crippen LogP contribution in [0, 0.1) is 12.7 Å². The third-order valence-corrected chi connectivity index (χ3v) is 8.21. The van der Waals surface area contributed by atoms with E-state index in [-0.39, 0.29) is 23.7 Å². The van der Waals surface area contributed by atoms with Crippen LogP contribution in [0.2, 0.25) is 0 Å².